The highest BCUT2D eigenvalue weighted by Crippen LogP contribution is 2.35. The van der Waals surface area contributed by atoms with Gasteiger partial charge in [-0.1, -0.05) is 35.5 Å². The van der Waals surface area contributed by atoms with Crippen molar-refractivity contribution in [2.45, 2.75) is 19.7 Å². The van der Waals surface area contributed by atoms with Gasteiger partial charge in [-0.3, -0.25) is 5.73 Å². The van der Waals surface area contributed by atoms with Crippen LogP contribution in [0.2, 0.25) is 0 Å². The minimum absolute atomic E-state index is 0.216. The number of anilines is 2. The zero-order chi connectivity index (χ0) is 24.1. The quantitative estimate of drug-likeness (QED) is 0.209. The smallest absolute Gasteiger partial charge is 0.381 e. The fourth-order valence-electron chi connectivity index (χ4n) is 3.33. The number of hydrogen-bond donors (Lipinski definition) is 4. The molecule has 0 aliphatic rings. The molecule has 0 spiro atoms. The third kappa shape index (κ3) is 6.27. The first-order chi connectivity index (χ1) is 16.3. The van der Waals surface area contributed by atoms with E-state index < -0.39 is 14.6 Å². The number of nitrogens with one attached hydrogen (secondary N) is 1. The minimum atomic E-state index is -4.63. The van der Waals surface area contributed by atoms with Crippen LogP contribution >= 0.6 is 7.82 Å². The summed E-state index contributed by atoms with van der Waals surface area (Å²) in [6.07, 6.45) is 2.08. The molecule has 2 aromatic carbocycles. The molecule has 2 heterocycles. The maximum atomic E-state index is 13.3. The van der Waals surface area contributed by atoms with Crippen molar-refractivity contribution in [2.75, 3.05) is 11.1 Å². The molecule has 0 saturated carbocycles. The Hall–Kier alpha value is -3.56. The van der Waals surface area contributed by atoms with E-state index >= 15 is 0 Å². The Morgan fingerprint density at radius 3 is 2.59 bits per heavy atom. The zero-order valence-electron chi connectivity index (χ0n) is 18.0. The molecule has 0 amide bonds. The van der Waals surface area contributed by atoms with Crippen LogP contribution < -0.4 is 15.6 Å². The Morgan fingerprint density at radius 2 is 1.85 bits per heavy atom. The Labute approximate surface area is 194 Å². The summed E-state index contributed by atoms with van der Waals surface area (Å²) in [6, 6.07) is 19.4. The fourth-order valence-corrected chi connectivity index (χ4v) is 3.61. The molecular weight excluding hydrogens is 462 g/mol. The number of aromatic nitrogens is 2. The number of nitrogen functional groups attached to an aromatic ring is 1. The molecule has 0 saturated heterocycles. The first kappa shape index (κ1) is 23.6. The molecule has 5 N–H and O–H groups in total. The maximum absolute atomic E-state index is 13.3. The second-order valence-electron chi connectivity index (χ2n) is 7.57. The Bertz CT molecular complexity index is 1320. The van der Waals surface area contributed by atoms with Gasteiger partial charge in [0.25, 0.3) is 5.82 Å². The first-order valence-corrected chi connectivity index (χ1v) is 11.8. The van der Waals surface area contributed by atoms with Crippen LogP contribution in [0.1, 0.15) is 16.8 Å². The van der Waals surface area contributed by atoms with Gasteiger partial charge in [0.05, 0.1) is 11.9 Å². The van der Waals surface area contributed by atoms with Gasteiger partial charge in [-0.05, 0) is 41.5 Å². The molecule has 0 atom stereocenters. The molecule has 11 heteroatoms. The van der Waals surface area contributed by atoms with Crippen molar-refractivity contribution < 1.29 is 32.4 Å². The number of benzene rings is 2. The third-order valence-electron chi connectivity index (χ3n) is 5.03. The molecule has 34 heavy (non-hydrogen) atoms. The minimum Gasteiger partial charge on any atom is -0.381 e. The van der Waals surface area contributed by atoms with Crippen molar-refractivity contribution in [3.8, 4) is 11.3 Å². The van der Waals surface area contributed by atoms with E-state index in [1.807, 2.05) is 30.3 Å². The summed E-state index contributed by atoms with van der Waals surface area (Å²) in [7, 11) is -4.63. The molecule has 0 radical (unpaired) electrons. The molecule has 9 nitrogen and oxygen atoms in total. The lowest BCUT2D eigenvalue weighted by atomic mass is 10.1. The summed E-state index contributed by atoms with van der Waals surface area (Å²) < 4.78 is 35.6. The number of pyridine rings is 1. The van der Waals surface area contributed by atoms with Crippen LogP contribution in [0, 0.1) is 5.82 Å². The average molecular weight is 485 g/mol. The van der Waals surface area contributed by atoms with Crippen molar-refractivity contribution in [3.05, 3.63) is 95.6 Å². The maximum Gasteiger partial charge on any atom is 0.472 e. The number of rotatable bonds is 9. The summed E-state index contributed by atoms with van der Waals surface area (Å²) in [5.74, 6) is 0.358. The zero-order valence-corrected chi connectivity index (χ0v) is 18.9. The molecule has 0 aliphatic heterocycles. The van der Waals surface area contributed by atoms with E-state index in [0.717, 1.165) is 11.1 Å². The highest BCUT2D eigenvalue weighted by Gasteiger charge is 2.20. The van der Waals surface area contributed by atoms with Crippen molar-refractivity contribution >= 4 is 19.3 Å². The third-order valence-corrected chi connectivity index (χ3v) is 5.48. The van der Waals surface area contributed by atoms with E-state index in [2.05, 4.69) is 15.0 Å². The molecule has 0 fully saturated rings. The van der Waals surface area contributed by atoms with Crippen LogP contribution in [-0.2, 0) is 28.8 Å². The van der Waals surface area contributed by atoms with Gasteiger partial charge in [-0.15, -0.1) is 0 Å². The lowest BCUT2D eigenvalue weighted by Gasteiger charge is -2.07. The van der Waals surface area contributed by atoms with Crippen molar-refractivity contribution in [2.24, 2.45) is 0 Å². The van der Waals surface area contributed by atoms with E-state index in [1.54, 1.807) is 24.3 Å². The van der Waals surface area contributed by atoms with E-state index in [1.165, 1.54) is 22.9 Å². The largest absolute Gasteiger partial charge is 0.472 e. The van der Waals surface area contributed by atoms with Crippen LogP contribution in [-0.4, -0.2) is 14.9 Å². The predicted octanol–water partition coefficient (Wildman–Crippen LogP) is 3.62. The summed E-state index contributed by atoms with van der Waals surface area (Å²) >= 11 is 0. The first-order valence-electron chi connectivity index (χ1n) is 10.3. The van der Waals surface area contributed by atoms with Crippen molar-refractivity contribution in [1.29, 1.82) is 0 Å². The number of halogens is 1. The topological polar surface area (TPSA) is 135 Å². The van der Waals surface area contributed by atoms with Gasteiger partial charge in [0, 0.05) is 24.7 Å². The monoisotopic (exact) mass is 485 g/mol. The molecule has 0 bridgehead atoms. The van der Waals surface area contributed by atoms with Gasteiger partial charge in [0.1, 0.15) is 11.4 Å². The lowest BCUT2D eigenvalue weighted by molar-refractivity contribution is -0.711. The highest BCUT2D eigenvalue weighted by molar-refractivity contribution is 7.46. The van der Waals surface area contributed by atoms with E-state index in [0.29, 0.717) is 35.7 Å². The predicted molar refractivity (Wildman–Crippen MR) is 123 cm³/mol. The van der Waals surface area contributed by atoms with Crippen LogP contribution in [0.25, 0.3) is 11.3 Å². The van der Waals surface area contributed by atoms with E-state index in [-0.39, 0.29) is 11.6 Å². The van der Waals surface area contributed by atoms with E-state index in [9.17, 15) is 8.96 Å². The fraction of sp³-hybridized carbons (Fsp3) is 0.130. The van der Waals surface area contributed by atoms with Crippen molar-refractivity contribution in [1.82, 2.24) is 5.16 Å². The number of nitrogens with two attached hydrogens (primary N) is 1. The second-order valence-corrected chi connectivity index (χ2v) is 8.80. The average Bonchev–Trinajstić information content (AvgIpc) is 3.25. The standard InChI is InChI=1S/C23H22FN4O5P/c24-18-3-1-4-19(12-18)26-14-17-8-6-16(7-9-17)11-20-13-22(33-27-20)21-5-2-10-28(23(21)25)15-32-34(29,30)31/h1-10,12-13,25-26H,11,14-15H2,(H2,29,30,31)/p+1. The molecule has 176 valence electrons. The normalized spacial score (nSPS) is 11.5. The van der Waals surface area contributed by atoms with Crippen LogP contribution in [0.3, 0.4) is 0 Å². The summed E-state index contributed by atoms with van der Waals surface area (Å²) in [5, 5.41) is 7.29. The molecule has 0 unspecified atom stereocenters. The van der Waals surface area contributed by atoms with Crippen LogP contribution in [0.4, 0.5) is 15.9 Å². The molecule has 4 aromatic rings. The van der Waals surface area contributed by atoms with Crippen LogP contribution in [0.5, 0.6) is 0 Å². The van der Waals surface area contributed by atoms with Gasteiger partial charge < -0.3 is 19.6 Å². The number of phosphoric ester groups is 1. The number of phosphoric acid groups is 1. The van der Waals surface area contributed by atoms with Gasteiger partial charge in [0.15, 0.2) is 5.76 Å². The highest BCUT2D eigenvalue weighted by atomic mass is 31.2. The van der Waals surface area contributed by atoms with Crippen molar-refractivity contribution in [3.63, 3.8) is 0 Å². The second kappa shape index (κ2) is 10.1. The SMILES string of the molecule is Nc1c(-c2cc(Cc3ccc(CNc4cccc(F)c4)cc3)no2)ccc[n+]1COP(=O)(O)O. The van der Waals surface area contributed by atoms with Gasteiger partial charge in [-0.25, -0.2) is 18.0 Å². The molecular formula is C23H23FN4O5P+. The summed E-state index contributed by atoms with van der Waals surface area (Å²) in [6.45, 7) is 0.155. The summed E-state index contributed by atoms with van der Waals surface area (Å²) in [4.78, 5) is 17.8. The Balaban J connectivity index is 1.40. The van der Waals surface area contributed by atoms with Gasteiger partial charge >= 0.3 is 7.82 Å². The number of hydrogen-bond acceptors (Lipinski definition) is 6. The number of nitrogens with zero attached hydrogens (tertiary/aromatic N) is 2. The molecule has 0 aliphatic carbocycles. The molecule has 2 aromatic heterocycles. The van der Waals surface area contributed by atoms with Gasteiger partial charge in [0.2, 0.25) is 6.73 Å². The van der Waals surface area contributed by atoms with Gasteiger partial charge in [-0.2, -0.15) is 0 Å². The van der Waals surface area contributed by atoms with Crippen LogP contribution in [0.15, 0.2) is 77.4 Å². The Morgan fingerprint density at radius 1 is 1.09 bits per heavy atom. The van der Waals surface area contributed by atoms with E-state index in [4.69, 9.17) is 20.0 Å². The molecule has 4 rings (SSSR count). The summed E-state index contributed by atoms with van der Waals surface area (Å²) in [5.41, 5.74) is 10.1. The Kier molecular flexibility index (Phi) is 7.04. The lowest BCUT2D eigenvalue weighted by Crippen LogP contribution is -2.38.